The van der Waals surface area contributed by atoms with E-state index in [2.05, 4.69) is 16.0 Å². The van der Waals surface area contributed by atoms with Gasteiger partial charge in [-0.2, -0.15) is 0 Å². The Morgan fingerprint density at radius 1 is 1.47 bits per heavy atom. The van der Waals surface area contributed by atoms with Crippen LogP contribution in [0.5, 0.6) is 0 Å². The lowest BCUT2D eigenvalue weighted by Crippen LogP contribution is -2.39. The molecule has 0 bridgehead atoms. The van der Waals surface area contributed by atoms with E-state index in [0.29, 0.717) is 6.04 Å². The summed E-state index contributed by atoms with van der Waals surface area (Å²) in [5.74, 6) is -0.692. The van der Waals surface area contributed by atoms with E-state index in [-0.39, 0.29) is 6.42 Å². The predicted octanol–water partition coefficient (Wildman–Crippen LogP) is 2.61. The van der Waals surface area contributed by atoms with E-state index in [1.165, 1.54) is 18.4 Å². The van der Waals surface area contributed by atoms with E-state index in [4.69, 9.17) is 5.11 Å². The van der Waals surface area contributed by atoms with Crippen LogP contribution in [-0.4, -0.2) is 33.5 Å². The molecule has 0 aromatic carbocycles. The molecular weight excluding hydrogens is 240 g/mol. The molecule has 1 saturated heterocycles. The number of aryl methyl sites for hydroxylation is 1. The van der Waals surface area contributed by atoms with Gasteiger partial charge in [0.25, 0.3) is 0 Å². The first-order valence-corrected chi connectivity index (χ1v) is 7.02. The van der Waals surface area contributed by atoms with Gasteiger partial charge in [-0.05, 0) is 44.4 Å². The van der Waals surface area contributed by atoms with Crippen molar-refractivity contribution in [2.45, 2.75) is 51.6 Å². The Morgan fingerprint density at radius 3 is 3.00 bits per heavy atom. The van der Waals surface area contributed by atoms with Gasteiger partial charge in [0.1, 0.15) is 0 Å². The van der Waals surface area contributed by atoms with Crippen molar-refractivity contribution in [1.29, 1.82) is 0 Å². The summed E-state index contributed by atoms with van der Waals surface area (Å²) in [5.41, 5.74) is 2.25. The molecule has 1 N–H and O–H groups in total. The van der Waals surface area contributed by atoms with Gasteiger partial charge in [0, 0.05) is 30.9 Å². The van der Waals surface area contributed by atoms with Gasteiger partial charge in [-0.25, -0.2) is 0 Å². The van der Waals surface area contributed by atoms with E-state index >= 15 is 0 Å². The maximum atomic E-state index is 10.7. The summed E-state index contributed by atoms with van der Waals surface area (Å²) < 4.78 is 0. The highest BCUT2D eigenvalue weighted by Crippen LogP contribution is 2.22. The van der Waals surface area contributed by atoms with E-state index in [1.54, 1.807) is 0 Å². The molecule has 1 atom stereocenters. The summed E-state index contributed by atoms with van der Waals surface area (Å²) in [4.78, 5) is 17.5. The molecule has 1 aromatic heterocycles. The molecule has 2 rings (SSSR count). The highest BCUT2D eigenvalue weighted by molar-refractivity contribution is 5.66. The number of piperidine rings is 1. The van der Waals surface area contributed by atoms with Crippen LogP contribution in [0.1, 0.15) is 43.4 Å². The van der Waals surface area contributed by atoms with Gasteiger partial charge in [-0.3, -0.25) is 14.7 Å². The first kappa shape index (κ1) is 14.0. The highest BCUT2D eigenvalue weighted by atomic mass is 16.4. The van der Waals surface area contributed by atoms with Crippen LogP contribution in [0.2, 0.25) is 0 Å². The normalized spacial score (nSPS) is 20.4. The minimum Gasteiger partial charge on any atom is -0.481 e. The van der Waals surface area contributed by atoms with Crippen LogP contribution in [-0.2, 0) is 11.3 Å². The number of hydrogen-bond acceptors (Lipinski definition) is 3. The Morgan fingerprint density at radius 2 is 2.32 bits per heavy atom. The average Bonchev–Trinajstić information content (AvgIpc) is 2.40. The summed E-state index contributed by atoms with van der Waals surface area (Å²) in [7, 11) is 0. The molecule has 4 heteroatoms. The number of pyridine rings is 1. The summed E-state index contributed by atoms with van der Waals surface area (Å²) in [5, 5.41) is 8.82. The molecule has 1 aliphatic heterocycles. The second kappa shape index (κ2) is 6.66. The van der Waals surface area contributed by atoms with Crippen LogP contribution in [0.15, 0.2) is 18.3 Å². The molecule has 0 radical (unpaired) electrons. The lowest BCUT2D eigenvalue weighted by atomic mass is 9.97. The van der Waals surface area contributed by atoms with Crippen LogP contribution in [0, 0.1) is 6.92 Å². The second-order valence-corrected chi connectivity index (χ2v) is 5.36. The fourth-order valence-electron chi connectivity index (χ4n) is 2.71. The number of likely N-dealkylation sites (tertiary alicyclic amines) is 1. The molecule has 1 aromatic rings. The van der Waals surface area contributed by atoms with Crippen molar-refractivity contribution in [2.75, 3.05) is 6.54 Å². The van der Waals surface area contributed by atoms with Crippen LogP contribution in [0.4, 0.5) is 0 Å². The molecule has 1 aliphatic rings. The monoisotopic (exact) mass is 262 g/mol. The van der Waals surface area contributed by atoms with Crippen molar-refractivity contribution >= 4 is 5.97 Å². The van der Waals surface area contributed by atoms with Gasteiger partial charge >= 0.3 is 5.97 Å². The van der Waals surface area contributed by atoms with Crippen molar-refractivity contribution in [3.63, 3.8) is 0 Å². The first-order chi connectivity index (χ1) is 9.15. The number of aliphatic carboxylic acids is 1. The Kier molecular flexibility index (Phi) is 4.91. The van der Waals surface area contributed by atoms with Crippen LogP contribution >= 0.6 is 0 Å². The van der Waals surface area contributed by atoms with E-state index in [0.717, 1.165) is 31.6 Å². The van der Waals surface area contributed by atoms with Crippen LogP contribution < -0.4 is 0 Å². The van der Waals surface area contributed by atoms with Crippen molar-refractivity contribution in [2.24, 2.45) is 0 Å². The Balaban J connectivity index is 1.95. The van der Waals surface area contributed by atoms with Crippen molar-refractivity contribution in [1.82, 2.24) is 9.88 Å². The van der Waals surface area contributed by atoms with E-state index < -0.39 is 5.97 Å². The number of hydrogen-bond donors (Lipinski definition) is 1. The maximum Gasteiger partial charge on any atom is 0.303 e. The fraction of sp³-hybridized carbons (Fsp3) is 0.600. The van der Waals surface area contributed by atoms with Crippen molar-refractivity contribution in [3.05, 3.63) is 29.6 Å². The topological polar surface area (TPSA) is 53.4 Å². The SMILES string of the molecule is Cc1ccc(CN2CCCCC2CCC(=O)O)cn1. The molecule has 4 nitrogen and oxygen atoms in total. The molecule has 2 heterocycles. The lowest BCUT2D eigenvalue weighted by molar-refractivity contribution is -0.137. The number of rotatable bonds is 5. The quantitative estimate of drug-likeness (QED) is 0.886. The Labute approximate surface area is 114 Å². The Hall–Kier alpha value is -1.42. The largest absolute Gasteiger partial charge is 0.481 e. The van der Waals surface area contributed by atoms with Gasteiger partial charge in [0.05, 0.1) is 0 Å². The van der Waals surface area contributed by atoms with Crippen molar-refractivity contribution < 1.29 is 9.90 Å². The molecule has 1 fully saturated rings. The van der Waals surface area contributed by atoms with Gasteiger partial charge < -0.3 is 5.11 Å². The van der Waals surface area contributed by atoms with E-state index in [9.17, 15) is 4.79 Å². The molecule has 0 spiro atoms. The number of carbonyl (C=O) groups is 1. The zero-order valence-electron chi connectivity index (χ0n) is 11.5. The molecule has 104 valence electrons. The zero-order chi connectivity index (χ0) is 13.7. The third-order valence-corrected chi connectivity index (χ3v) is 3.80. The van der Waals surface area contributed by atoms with Gasteiger partial charge in [-0.1, -0.05) is 12.5 Å². The first-order valence-electron chi connectivity index (χ1n) is 7.02. The van der Waals surface area contributed by atoms with Crippen molar-refractivity contribution in [3.8, 4) is 0 Å². The number of carboxylic acids is 1. The highest BCUT2D eigenvalue weighted by Gasteiger charge is 2.22. The molecule has 0 amide bonds. The summed E-state index contributed by atoms with van der Waals surface area (Å²) in [6.07, 6.45) is 6.50. The molecule has 0 aliphatic carbocycles. The third-order valence-electron chi connectivity index (χ3n) is 3.80. The number of carboxylic acid groups (broad SMARTS) is 1. The lowest BCUT2D eigenvalue weighted by Gasteiger charge is -2.35. The average molecular weight is 262 g/mol. The number of aromatic nitrogens is 1. The molecular formula is C15H22N2O2. The molecule has 19 heavy (non-hydrogen) atoms. The molecule has 1 unspecified atom stereocenters. The zero-order valence-corrected chi connectivity index (χ0v) is 11.5. The van der Waals surface area contributed by atoms with Gasteiger partial charge in [0.15, 0.2) is 0 Å². The van der Waals surface area contributed by atoms with E-state index in [1.807, 2.05) is 19.2 Å². The van der Waals surface area contributed by atoms with Crippen LogP contribution in [0.25, 0.3) is 0 Å². The standard InChI is InChI=1S/C15H22N2O2/c1-12-5-6-13(10-16-12)11-17-9-3-2-4-14(17)7-8-15(18)19/h5-6,10,14H,2-4,7-9,11H2,1H3,(H,18,19). The molecule has 0 saturated carbocycles. The fourth-order valence-corrected chi connectivity index (χ4v) is 2.71. The smallest absolute Gasteiger partial charge is 0.303 e. The summed E-state index contributed by atoms with van der Waals surface area (Å²) in [6, 6.07) is 4.56. The van der Waals surface area contributed by atoms with Gasteiger partial charge in [0.2, 0.25) is 0 Å². The Bertz CT molecular complexity index is 417. The predicted molar refractivity (Wildman–Crippen MR) is 73.9 cm³/mol. The van der Waals surface area contributed by atoms with Crippen LogP contribution in [0.3, 0.4) is 0 Å². The second-order valence-electron chi connectivity index (χ2n) is 5.36. The third kappa shape index (κ3) is 4.31. The summed E-state index contributed by atoms with van der Waals surface area (Å²) >= 11 is 0. The van der Waals surface area contributed by atoms with Gasteiger partial charge in [-0.15, -0.1) is 0 Å². The maximum absolute atomic E-state index is 10.7. The minimum atomic E-state index is -0.692. The minimum absolute atomic E-state index is 0.271. The number of nitrogens with zero attached hydrogens (tertiary/aromatic N) is 2. The summed E-state index contributed by atoms with van der Waals surface area (Å²) in [6.45, 7) is 3.94.